The number of aromatic nitrogens is 2. The Morgan fingerprint density at radius 3 is 2.65 bits per heavy atom. The van der Waals surface area contributed by atoms with Crippen molar-refractivity contribution < 1.29 is 4.39 Å². The number of benzene rings is 1. The van der Waals surface area contributed by atoms with Crippen LogP contribution in [0.25, 0.3) is 0 Å². The number of nitrogens with zero attached hydrogens (tertiary/aromatic N) is 2. The highest BCUT2D eigenvalue weighted by Gasteiger charge is 2.08. The number of hydrogen-bond donors (Lipinski definition) is 1. The highest BCUT2D eigenvalue weighted by Crippen LogP contribution is 2.11. The topological polar surface area (TPSA) is 70.0 Å². The van der Waals surface area contributed by atoms with Gasteiger partial charge in [0.25, 0.3) is 0 Å². The molecule has 0 unspecified atom stereocenters. The van der Waals surface area contributed by atoms with Crippen molar-refractivity contribution in [3.63, 3.8) is 0 Å². The van der Waals surface area contributed by atoms with Gasteiger partial charge in [-0.1, -0.05) is 18.3 Å². The molecule has 7 heteroatoms. The van der Waals surface area contributed by atoms with Gasteiger partial charge in [0, 0.05) is 25.0 Å². The van der Waals surface area contributed by atoms with Crippen LogP contribution >= 0.6 is 12.2 Å². The summed E-state index contributed by atoms with van der Waals surface area (Å²) in [5.41, 5.74) is 4.91. The minimum absolute atomic E-state index is 0.0549. The van der Waals surface area contributed by atoms with E-state index in [1.165, 1.54) is 46.8 Å². The molecule has 0 aliphatic carbocycles. The summed E-state index contributed by atoms with van der Waals surface area (Å²) < 4.78 is 15.9. The molecular weight excluding hydrogens is 281 g/mol. The van der Waals surface area contributed by atoms with E-state index in [-0.39, 0.29) is 17.1 Å². The number of thiocarbonyl (C=S) groups is 1. The van der Waals surface area contributed by atoms with Gasteiger partial charge >= 0.3 is 11.1 Å². The SMILES string of the molecule is Cn1ccn(Cc2ccc(F)c(C(N)=S)c2)c(=O)c1=O. The van der Waals surface area contributed by atoms with Gasteiger partial charge < -0.3 is 14.9 Å². The first-order chi connectivity index (χ1) is 9.40. The molecule has 1 aromatic heterocycles. The molecule has 0 saturated heterocycles. The molecule has 5 nitrogen and oxygen atoms in total. The smallest absolute Gasteiger partial charge is 0.316 e. The third-order valence-corrected chi connectivity index (χ3v) is 3.10. The summed E-state index contributed by atoms with van der Waals surface area (Å²) in [6.07, 6.45) is 2.98. The van der Waals surface area contributed by atoms with Gasteiger partial charge in [0.05, 0.1) is 6.54 Å². The van der Waals surface area contributed by atoms with Gasteiger partial charge in [-0.3, -0.25) is 9.59 Å². The van der Waals surface area contributed by atoms with Gasteiger partial charge in [0.2, 0.25) is 0 Å². The summed E-state index contributed by atoms with van der Waals surface area (Å²) in [6.45, 7) is 0.144. The molecule has 1 aromatic carbocycles. The third kappa shape index (κ3) is 2.67. The van der Waals surface area contributed by atoms with Crippen molar-refractivity contribution in [2.24, 2.45) is 12.8 Å². The monoisotopic (exact) mass is 293 g/mol. The van der Waals surface area contributed by atoms with Crippen molar-refractivity contribution in [2.75, 3.05) is 0 Å². The van der Waals surface area contributed by atoms with E-state index in [9.17, 15) is 14.0 Å². The van der Waals surface area contributed by atoms with Crippen LogP contribution in [0.4, 0.5) is 4.39 Å². The lowest BCUT2D eigenvalue weighted by atomic mass is 10.1. The maximum Gasteiger partial charge on any atom is 0.316 e. The average Bonchev–Trinajstić information content (AvgIpc) is 2.41. The van der Waals surface area contributed by atoms with Crippen LogP contribution in [0.1, 0.15) is 11.1 Å². The Labute approximate surface area is 119 Å². The Balaban J connectivity index is 2.43. The largest absolute Gasteiger partial charge is 0.389 e. The third-order valence-electron chi connectivity index (χ3n) is 2.88. The van der Waals surface area contributed by atoms with E-state index >= 15 is 0 Å². The molecule has 0 atom stereocenters. The summed E-state index contributed by atoms with van der Waals surface area (Å²) in [4.78, 5) is 23.3. The van der Waals surface area contributed by atoms with Gasteiger partial charge in [0.15, 0.2) is 0 Å². The van der Waals surface area contributed by atoms with Crippen molar-refractivity contribution in [3.8, 4) is 0 Å². The Hall–Kier alpha value is -2.28. The minimum atomic E-state index is -0.642. The Morgan fingerprint density at radius 2 is 2.00 bits per heavy atom. The summed E-state index contributed by atoms with van der Waals surface area (Å²) in [5, 5.41) is 0. The highest BCUT2D eigenvalue weighted by atomic mass is 32.1. The molecule has 0 amide bonds. The summed E-state index contributed by atoms with van der Waals surface area (Å²) in [5.74, 6) is -0.516. The van der Waals surface area contributed by atoms with E-state index in [4.69, 9.17) is 18.0 Å². The Bertz CT molecular complexity index is 795. The molecule has 2 rings (SSSR count). The molecule has 2 N–H and O–H groups in total. The van der Waals surface area contributed by atoms with Gasteiger partial charge in [0.1, 0.15) is 10.8 Å². The fourth-order valence-electron chi connectivity index (χ4n) is 1.77. The summed E-state index contributed by atoms with van der Waals surface area (Å²) >= 11 is 4.75. The normalized spacial score (nSPS) is 10.5. The van der Waals surface area contributed by atoms with Crippen molar-refractivity contribution >= 4 is 17.2 Å². The van der Waals surface area contributed by atoms with Gasteiger partial charge in [-0.15, -0.1) is 0 Å². The molecule has 104 valence electrons. The molecule has 2 aromatic rings. The van der Waals surface area contributed by atoms with Crippen LogP contribution < -0.4 is 16.9 Å². The maximum absolute atomic E-state index is 13.5. The molecule has 0 bridgehead atoms. The van der Waals surface area contributed by atoms with Crippen LogP contribution in [0.15, 0.2) is 40.2 Å². The second kappa shape index (κ2) is 5.38. The quantitative estimate of drug-likeness (QED) is 0.655. The second-order valence-electron chi connectivity index (χ2n) is 4.33. The van der Waals surface area contributed by atoms with Crippen molar-refractivity contribution in [1.29, 1.82) is 0 Å². The highest BCUT2D eigenvalue weighted by molar-refractivity contribution is 7.80. The minimum Gasteiger partial charge on any atom is -0.389 e. The number of aryl methyl sites for hydroxylation is 1. The lowest BCUT2D eigenvalue weighted by Crippen LogP contribution is -2.39. The number of nitrogens with two attached hydrogens (primary N) is 1. The molecular formula is C13H12FN3O2S. The predicted octanol–water partition coefficient (Wildman–Crippen LogP) is 0.369. The van der Waals surface area contributed by atoms with Crippen molar-refractivity contribution in [3.05, 3.63) is 68.2 Å². The van der Waals surface area contributed by atoms with Crippen molar-refractivity contribution in [1.82, 2.24) is 9.13 Å². The van der Waals surface area contributed by atoms with Gasteiger partial charge in [-0.05, 0) is 17.7 Å². The van der Waals surface area contributed by atoms with E-state index < -0.39 is 16.9 Å². The van der Waals surface area contributed by atoms with Gasteiger partial charge in [-0.2, -0.15) is 0 Å². The average molecular weight is 293 g/mol. The van der Waals surface area contributed by atoms with Crippen LogP contribution in [0.5, 0.6) is 0 Å². The first kappa shape index (κ1) is 14.1. The standard InChI is InChI=1S/C13H12FN3O2S/c1-16-4-5-17(13(19)12(16)18)7-8-2-3-10(14)9(6-8)11(15)20/h2-6H,7H2,1H3,(H2,15,20). The van der Waals surface area contributed by atoms with Gasteiger partial charge in [-0.25, -0.2) is 4.39 Å². The molecule has 0 saturated carbocycles. The number of hydrogen-bond acceptors (Lipinski definition) is 3. The van der Waals surface area contributed by atoms with E-state index in [0.717, 1.165) is 0 Å². The zero-order valence-electron chi connectivity index (χ0n) is 10.7. The molecule has 0 spiro atoms. The van der Waals surface area contributed by atoms with E-state index in [1.54, 1.807) is 0 Å². The second-order valence-corrected chi connectivity index (χ2v) is 4.77. The van der Waals surface area contributed by atoms with E-state index in [1.807, 2.05) is 0 Å². The zero-order valence-corrected chi connectivity index (χ0v) is 11.5. The van der Waals surface area contributed by atoms with E-state index in [0.29, 0.717) is 5.56 Å². The molecule has 0 radical (unpaired) electrons. The Morgan fingerprint density at radius 1 is 1.30 bits per heavy atom. The van der Waals surface area contributed by atoms with Crippen LogP contribution in [0, 0.1) is 5.82 Å². The van der Waals surface area contributed by atoms with E-state index in [2.05, 4.69) is 0 Å². The fraction of sp³-hybridized carbons (Fsp3) is 0.154. The Kier molecular flexibility index (Phi) is 3.80. The zero-order chi connectivity index (χ0) is 14.9. The summed E-state index contributed by atoms with van der Waals surface area (Å²) in [7, 11) is 1.50. The lowest BCUT2D eigenvalue weighted by Gasteiger charge is -2.08. The van der Waals surface area contributed by atoms with Crippen LogP contribution in [0.2, 0.25) is 0 Å². The summed E-state index contributed by atoms with van der Waals surface area (Å²) in [6, 6.07) is 4.22. The first-order valence-corrected chi connectivity index (χ1v) is 6.15. The molecule has 0 fully saturated rings. The van der Waals surface area contributed by atoms with Crippen LogP contribution in [-0.2, 0) is 13.6 Å². The fourth-order valence-corrected chi connectivity index (χ4v) is 1.93. The van der Waals surface area contributed by atoms with Crippen LogP contribution in [-0.4, -0.2) is 14.1 Å². The molecule has 20 heavy (non-hydrogen) atoms. The number of halogens is 1. The maximum atomic E-state index is 13.5. The molecule has 1 heterocycles. The molecule has 0 aliphatic heterocycles. The lowest BCUT2D eigenvalue weighted by molar-refractivity contribution is 0.623. The van der Waals surface area contributed by atoms with Crippen molar-refractivity contribution in [2.45, 2.75) is 6.54 Å². The predicted molar refractivity (Wildman–Crippen MR) is 77.3 cm³/mol. The first-order valence-electron chi connectivity index (χ1n) is 5.74. The van der Waals surface area contributed by atoms with Crippen LogP contribution in [0.3, 0.4) is 0 Å². The molecule has 0 aliphatic rings. The number of rotatable bonds is 3.